The first-order valence-electron chi connectivity index (χ1n) is 20.1. The lowest BCUT2D eigenvalue weighted by Gasteiger charge is -2.38. The van der Waals surface area contributed by atoms with Crippen LogP contribution in [0.4, 0.5) is 5.69 Å². The molecular weight excluding hydrogens is 663 g/mol. The Morgan fingerprint density at radius 3 is 2.18 bits per heavy atom. The quantitative estimate of drug-likeness (QED) is 0.142. The van der Waals surface area contributed by atoms with Gasteiger partial charge >= 0.3 is 0 Å². The number of fused-ring (bicyclic) bond motifs is 7. The van der Waals surface area contributed by atoms with Crippen LogP contribution in [-0.4, -0.2) is 6.04 Å². The highest BCUT2D eigenvalue weighted by molar-refractivity contribution is 5.88. The van der Waals surface area contributed by atoms with Gasteiger partial charge in [-0.3, -0.25) is 0 Å². The van der Waals surface area contributed by atoms with Crippen molar-refractivity contribution in [2.75, 3.05) is 4.90 Å². The van der Waals surface area contributed by atoms with E-state index in [4.69, 9.17) is 0 Å². The van der Waals surface area contributed by atoms with Gasteiger partial charge in [0.25, 0.3) is 0 Å². The molecule has 4 aliphatic carbocycles. The summed E-state index contributed by atoms with van der Waals surface area (Å²) in [4.78, 5) is 2.62. The van der Waals surface area contributed by atoms with E-state index in [1.165, 1.54) is 78.2 Å². The highest BCUT2D eigenvalue weighted by Gasteiger charge is 2.47. The molecule has 0 fully saturated rings. The number of nitrogens with zero attached hydrogens (tertiary/aromatic N) is 1. The SMILES string of the molecule is C=CC(Cc1cccc2c1CCC=C2)N(C1=CCC2C(=C1)C(C)(C)c1ccccc12)c1ccc2c(c1)C(c1ccccc1)(c1ccccc1)c1ccccc1-2. The zero-order chi connectivity index (χ0) is 37.1. The summed E-state index contributed by atoms with van der Waals surface area (Å²) in [7, 11) is 0. The van der Waals surface area contributed by atoms with Gasteiger partial charge in [0.15, 0.2) is 0 Å². The molecule has 0 radical (unpaired) electrons. The van der Waals surface area contributed by atoms with Gasteiger partial charge in [-0.2, -0.15) is 0 Å². The van der Waals surface area contributed by atoms with Crippen LogP contribution in [0.1, 0.15) is 82.7 Å². The lowest BCUT2D eigenvalue weighted by atomic mass is 9.67. The summed E-state index contributed by atoms with van der Waals surface area (Å²) in [5, 5.41) is 0. The number of hydrogen-bond donors (Lipinski definition) is 0. The van der Waals surface area contributed by atoms with Crippen molar-refractivity contribution in [3.63, 3.8) is 0 Å². The Kier molecular flexibility index (Phi) is 8.03. The number of allylic oxidation sites excluding steroid dienone is 4. The van der Waals surface area contributed by atoms with Crippen molar-refractivity contribution < 1.29 is 0 Å². The molecule has 2 unspecified atom stereocenters. The molecule has 0 heterocycles. The third-order valence-corrected chi connectivity index (χ3v) is 13.2. The van der Waals surface area contributed by atoms with Crippen LogP contribution in [0.25, 0.3) is 17.2 Å². The van der Waals surface area contributed by atoms with E-state index < -0.39 is 5.41 Å². The van der Waals surface area contributed by atoms with E-state index in [-0.39, 0.29) is 11.5 Å². The molecule has 0 saturated heterocycles. The average Bonchev–Trinajstić information content (AvgIpc) is 3.66. The van der Waals surface area contributed by atoms with Crippen LogP contribution in [0.3, 0.4) is 0 Å². The first-order chi connectivity index (χ1) is 27.0. The second-order valence-corrected chi connectivity index (χ2v) is 16.3. The van der Waals surface area contributed by atoms with Crippen molar-refractivity contribution in [1.29, 1.82) is 0 Å². The van der Waals surface area contributed by atoms with E-state index in [1.807, 2.05) is 0 Å². The highest BCUT2D eigenvalue weighted by atomic mass is 15.2. The molecule has 0 spiro atoms. The van der Waals surface area contributed by atoms with Crippen LogP contribution >= 0.6 is 0 Å². The maximum Gasteiger partial charge on any atom is 0.0714 e. The second kappa shape index (κ2) is 13.1. The zero-order valence-corrected chi connectivity index (χ0v) is 31.9. The van der Waals surface area contributed by atoms with Crippen molar-refractivity contribution in [1.82, 2.24) is 0 Å². The molecule has 0 saturated carbocycles. The van der Waals surface area contributed by atoms with Crippen molar-refractivity contribution in [2.24, 2.45) is 0 Å². The van der Waals surface area contributed by atoms with Crippen LogP contribution in [0.5, 0.6) is 0 Å². The second-order valence-electron chi connectivity index (χ2n) is 16.3. The summed E-state index contributed by atoms with van der Waals surface area (Å²) in [6.45, 7) is 9.40. The van der Waals surface area contributed by atoms with E-state index in [9.17, 15) is 0 Å². The molecule has 1 heteroatoms. The minimum atomic E-state index is -0.468. The Labute approximate surface area is 326 Å². The van der Waals surface area contributed by atoms with Gasteiger partial charge in [0.05, 0.1) is 11.5 Å². The molecule has 1 nitrogen and oxygen atoms in total. The van der Waals surface area contributed by atoms with Gasteiger partial charge in [0, 0.05) is 22.7 Å². The zero-order valence-electron chi connectivity index (χ0n) is 31.9. The molecule has 0 aromatic heterocycles. The highest BCUT2D eigenvalue weighted by Crippen LogP contribution is 2.58. The van der Waals surface area contributed by atoms with Crippen LogP contribution in [0.15, 0.2) is 188 Å². The molecule has 268 valence electrons. The largest absolute Gasteiger partial charge is 0.334 e. The number of anilines is 1. The van der Waals surface area contributed by atoms with Crippen molar-refractivity contribution in [3.05, 3.63) is 238 Å². The lowest BCUT2D eigenvalue weighted by molar-refractivity contribution is 0.606. The van der Waals surface area contributed by atoms with Crippen molar-refractivity contribution >= 4 is 11.8 Å². The predicted molar refractivity (Wildman–Crippen MR) is 231 cm³/mol. The molecule has 55 heavy (non-hydrogen) atoms. The Balaban J connectivity index is 1.19. The normalized spacial score (nSPS) is 18.5. The Morgan fingerprint density at radius 2 is 1.42 bits per heavy atom. The van der Waals surface area contributed by atoms with Gasteiger partial charge in [-0.1, -0.05) is 177 Å². The monoisotopic (exact) mass is 709 g/mol. The molecule has 6 aromatic carbocycles. The lowest BCUT2D eigenvalue weighted by Crippen LogP contribution is -2.36. The van der Waals surface area contributed by atoms with Gasteiger partial charge in [-0.15, -0.1) is 6.58 Å². The van der Waals surface area contributed by atoms with E-state index in [2.05, 4.69) is 201 Å². The van der Waals surface area contributed by atoms with E-state index in [0.717, 1.165) is 25.7 Å². The summed E-state index contributed by atoms with van der Waals surface area (Å²) < 4.78 is 0. The van der Waals surface area contributed by atoms with Crippen LogP contribution in [-0.2, 0) is 23.7 Å². The molecule has 6 aromatic rings. The minimum absolute atomic E-state index is 0.0358. The summed E-state index contributed by atoms with van der Waals surface area (Å²) in [6, 6.07) is 54.7. The summed E-state index contributed by atoms with van der Waals surface area (Å²) >= 11 is 0. The van der Waals surface area contributed by atoms with E-state index >= 15 is 0 Å². The fraction of sp³-hybridized carbons (Fsp3) is 0.185. The third kappa shape index (κ3) is 5.13. The molecule has 4 aliphatic rings. The first-order valence-corrected chi connectivity index (χ1v) is 20.1. The summed E-state index contributed by atoms with van der Waals surface area (Å²) in [5.74, 6) is 0.408. The minimum Gasteiger partial charge on any atom is -0.334 e. The van der Waals surface area contributed by atoms with Gasteiger partial charge in [-0.25, -0.2) is 0 Å². The van der Waals surface area contributed by atoms with Crippen LogP contribution in [0.2, 0.25) is 0 Å². The van der Waals surface area contributed by atoms with Crippen LogP contribution < -0.4 is 4.90 Å². The number of hydrogen-bond acceptors (Lipinski definition) is 1. The van der Waals surface area contributed by atoms with Crippen LogP contribution in [0, 0.1) is 0 Å². The van der Waals surface area contributed by atoms with Gasteiger partial charge < -0.3 is 4.90 Å². The predicted octanol–water partition coefficient (Wildman–Crippen LogP) is 12.9. The Morgan fingerprint density at radius 1 is 0.727 bits per heavy atom. The smallest absolute Gasteiger partial charge is 0.0714 e. The molecule has 10 rings (SSSR count). The Bertz CT molecular complexity index is 2510. The maximum atomic E-state index is 4.56. The Hall–Kier alpha value is -5.92. The molecule has 0 N–H and O–H groups in total. The first kappa shape index (κ1) is 33.6. The standard InChI is InChI=1S/C54H47N/c1-4-41(34-38-20-17-19-37-18-11-12-25-44(37)38)55(42-30-32-47-45-26-13-15-28-49(45)53(2,3)51(47)35-42)43-31-33-48-46-27-14-16-29-50(46)54(52(48)36-43,39-21-7-5-8-22-39)40-23-9-6-10-24-40/h4-11,13-24,26-31,33,35-36,41,47H,1,12,25,32,34H2,2-3H3. The van der Waals surface area contributed by atoms with E-state index in [0.29, 0.717) is 5.92 Å². The van der Waals surface area contributed by atoms with Gasteiger partial charge in [0.1, 0.15) is 0 Å². The molecule has 2 atom stereocenters. The molecule has 0 aliphatic heterocycles. The van der Waals surface area contributed by atoms with Crippen molar-refractivity contribution in [3.8, 4) is 11.1 Å². The summed E-state index contributed by atoms with van der Waals surface area (Å²) in [6.07, 6.45) is 15.9. The fourth-order valence-electron chi connectivity index (χ4n) is 10.7. The topological polar surface area (TPSA) is 3.24 Å². The number of rotatable bonds is 8. The van der Waals surface area contributed by atoms with E-state index in [1.54, 1.807) is 0 Å². The molecule has 0 bridgehead atoms. The molecular formula is C54H47N. The third-order valence-electron chi connectivity index (χ3n) is 13.2. The average molecular weight is 710 g/mol. The van der Waals surface area contributed by atoms with Gasteiger partial charge in [0.2, 0.25) is 0 Å². The molecule has 0 amide bonds. The number of benzene rings is 6. The summed E-state index contributed by atoms with van der Waals surface area (Å²) in [5.41, 5.74) is 18.5. The van der Waals surface area contributed by atoms with Gasteiger partial charge in [-0.05, 0) is 105 Å². The maximum absolute atomic E-state index is 4.56. The fourth-order valence-corrected chi connectivity index (χ4v) is 10.7. The van der Waals surface area contributed by atoms with Crippen molar-refractivity contribution in [2.45, 2.75) is 62.3 Å².